The maximum atomic E-state index is 15.6. The largest absolute Gasteiger partial charge is 0.459 e. The van der Waals surface area contributed by atoms with Gasteiger partial charge in [-0.1, -0.05) is 18.2 Å². The van der Waals surface area contributed by atoms with Crippen molar-refractivity contribution < 1.29 is 46.9 Å². The van der Waals surface area contributed by atoms with Crippen LogP contribution in [0.2, 0.25) is 0 Å². The maximum absolute atomic E-state index is 15.6. The van der Waals surface area contributed by atoms with Gasteiger partial charge >= 0.3 is 19.4 Å². The topological polar surface area (TPSA) is 177 Å². The molecule has 16 heteroatoms. The van der Waals surface area contributed by atoms with E-state index in [0.29, 0.717) is 4.57 Å². The van der Waals surface area contributed by atoms with Gasteiger partial charge in [-0.15, -0.1) is 0 Å². The summed E-state index contributed by atoms with van der Waals surface area (Å²) in [6, 6.07) is 7.59. The van der Waals surface area contributed by atoms with Gasteiger partial charge in [0.25, 0.3) is 5.56 Å². The first-order valence-electron chi connectivity index (χ1n) is 11.8. The van der Waals surface area contributed by atoms with E-state index in [0.717, 1.165) is 12.3 Å². The fourth-order valence-corrected chi connectivity index (χ4v) is 5.17. The number of aliphatic hydroxyl groups excluding tert-OH is 1. The fourth-order valence-electron chi connectivity index (χ4n) is 3.67. The number of benzene rings is 1. The summed E-state index contributed by atoms with van der Waals surface area (Å²) in [5.74, 6) is -3.44. The highest BCUT2D eigenvalue weighted by Gasteiger charge is 2.53. The van der Waals surface area contributed by atoms with Gasteiger partial charge in [0.15, 0.2) is 0 Å². The number of aliphatic hydroxyl groups is 1. The zero-order valence-electron chi connectivity index (χ0n) is 21.5. The second-order valence-corrected chi connectivity index (χ2v) is 10.3. The second kappa shape index (κ2) is 13.4. The maximum Gasteiger partial charge on any atom is 0.459 e. The Bertz CT molecular complexity index is 1250. The number of hydrogen-bond donors (Lipinski definition) is 3. The van der Waals surface area contributed by atoms with Crippen LogP contribution in [0.3, 0.4) is 0 Å². The number of halogens is 1. The number of alkyl halides is 1. The van der Waals surface area contributed by atoms with E-state index >= 15 is 4.39 Å². The molecule has 1 fully saturated rings. The van der Waals surface area contributed by atoms with Crippen LogP contribution < -0.4 is 20.9 Å². The van der Waals surface area contributed by atoms with Crippen molar-refractivity contribution in [3.8, 4) is 5.75 Å². The molecule has 0 radical (unpaired) electrons. The molecular weight excluding hydrogens is 544 g/mol. The minimum absolute atomic E-state index is 0.0568. The second-order valence-electron chi connectivity index (χ2n) is 8.61. The number of para-hydroxylation sites is 1. The molecule has 216 valence electrons. The van der Waals surface area contributed by atoms with E-state index in [1.165, 1.54) is 33.3 Å². The van der Waals surface area contributed by atoms with E-state index in [2.05, 4.69) is 5.09 Å². The van der Waals surface area contributed by atoms with Gasteiger partial charge in [-0.05, 0) is 19.1 Å². The highest BCUT2D eigenvalue weighted by Crippen LogP contribution is 2.46. The fraction of sp³-hybridized carbons (Fsp3) is 0.522. The van der Waals surface area contributed by atoms with Gasteiger partial charge in [0.2, 0.25) is 5.79 Å². The van der Waals surface area contributed by atoms with Gasteiger partial charge in [-0.3, -0.25) is 23.7 Å². The number of H-pyrrole nitrogens is 1. The third kappa shape index (κ3) is 7.82. The molecule has 1 aromatic heterocycles. The molecule has 1 saturated heterocycles. The van der Waals surface area contributed by atoms with Crippen molar-refractivity contribution in [1.29, 1.82) is 0 Å². The third-order valence-electron chi connectivity index (χ3n) is 5.60. The first-order valence-corrected chi connectivity index (χ1v) is 13.3. The molecular formula is C23H31FN3O11P. The molecule has 1 aliphatic heterocycles. The van der Waals surface area contributed by atoms with Gasteiger partial charge in [0, 0.05) is 26.5 Å². The van der Waals surface area contributed by atoms with Gasteiger partial charge in [-0.2, -0.15) is 5.09 Å². The lowest BCUT2D eigenvalue weighted by Gasteiger charge is -2.27. The van der Waals surface area contributed by atoms with Crippen LogP contribution in [-0.2, 0) is 38.6 Å². The third-order valence-corrected chi connectivity index (χ3v) is 7.24. The van der Waals surface area contributed by atoms with Gasteiger partial charge < -0.3 is 28.6 Å². The summed E-state index contributed by atoms with van der Waals surface area (Å²) in [6.45, 7) is 0.0380. The number of esters is 1. The molecule has 5 atom stereocenters. The molecule has 1 aromatic carbocycles. The molecule has 5 unspecified atom stereocenters. The Labute approximate surface area is 222 Å². The Hall–Kier alpha value is -2.91. The van der Waals surface area contributed by atoms with Crippen LogP contribution in [0.5, 0.6) is 5.75 Å². The molecule has 0 saturated carbocycles. The number of aromatic amines is 1. The first-order chi connectivity index (χ1) is 18.5. The zero-order chi connectivity index (χ0) is 28.6. The molecule has 3 rings (SSSR count). The number of nitrogens with one attached hydrogen (secondary N) is 2. The molecule has 1 aliphatic rings. The normalized spacial score (nSPS) is 23.3. The average molecular weight is 575 g/mol. The quantitative estimate of drug-likeness (QED) is 0.208. The molecule has 0 bridgehead atoms. The number of ether oxygens (including phenoxy) is 4. The van der Waals surface area contributed by atoms with Gasteiger partial charge in [0.05, 0.1) is 19.8 Å². The summed E-state index contributed by atoms with van der Waals surface area (Å²) in [6.07, 6.45) is -3.21. The average Bonchev–Trinajstić information content (AvgIpc) is 3.17. The van der Waals surface area contributed by atoms with Gasteiger partial charge in [0.1, 0.15) is 36.7 Å². The van der Waals surface area contributed by atoms with E-state index in [1.54, 1.807) is 18.2 Å². The minimum atomic E-state index is -4.38. The highest BCUT2D eigenvalue weighted by atomic mass is 31.2. The monoisotopic (exact) mass is 575 g/mol. The molecule has 2 aromatic rings. The zero-order valence-corrected chi connectivity index (χ0v) is 22.4. The summed E-state index contributed by atoms with van der Waals surface area (Å²) in [5.41, 5.74) is -1.84. The Morgan fingerprint density at radius 1 is 1.26 bits per heavy atom. The minimum Gasteiger partial charge on any atom is -0.456 e. The lowest BCUT2D eigenvalue weighted by atomic mass is 10.1. The molecule has 2 heterocycles. The van der Waals surface area contributed by atoms with Crippen molar-refractivity contribution in [3.05, 3.63) is 63.4 Å². The summed E-state index contributed by atoms with van der Waals surface area (Å²) in [5, 5.41) is 13.1. The number of rotatable bonds is 14. The molecule has 0 spiro atoms. The van der Waals surface area contributed by atoms with Crippen LogP contribution >= 0.6 is 7.75 Å². The van der Waals surface area contributed by atoms with Crippen molar-refractivity contribution in [3.63, 3.8) is 0 Å². The van der Waals surface area contributed by atoms with E-state index in [4.69, 9.17) is 28.0 Å². The van der Waals surface area contributed by atoms with Crippen LogP contribution in [-0.4, -0.2) is 85.6 Å². The van der Waals surface area contributed by atoms with Gasteiger partial charge in [-0.25, -0.2) is 13.8 Å². The highest BCUT2D eigenvalue weighted by molar-refractivity contribution is 7.52. The Morgan fingerprint density at radius 2 is 1.92 bits per heavy atom. The number of carbonyl (C=O) groups excluding carboxylic acids is 1. The SMILES string of the molecule is COCC(COC)OC(=O)C(C)NP(=O)(OCC1OCC(F)(n2ccc(=O)[nH]c2=O)C1O)Oc1ccccc1. The molecule has 0 amide bonds. The van der Waals surface area contributed by atoms with Crippen LogP contribution in [0.4, 0.5) is 4.39 Å². The molecule has 3 N–H and O–H groups in total. The lowest BCUT2D eigenvalue weighted by molar-refractivity contribution is -0.156. The van der Waals surface area contributed by atoms with Crippen molar-refractivity contribution in [2.45, 2.75) is 37.1 Å². The summed E-state index contributed by atoms with van der Waals surface area (Å²) in [4.78, 5) is 38.0. The van der Waals surface area contributed by atoms with Crippen LogP contribution in [0.1, 0.15) is 6.92 Å². The van der Waals surface area contributed by atoms with Crippen molar-refractivity contribution >= 4 is 13.7 Å². The van der Waals surface area contributed by atoms with E-state index < -0.39 is 68.3 Å². The Morgan fingerprint density at radius 3 is 2.54 bits per heavy atom. The summed E-state index contributed by atoms with van der Waals surface area (Å²) in [7, 11) is -1.53. The number of aromatic nitrogens is 2. The lowest BCUT2D eigenvalue weighted by Crippen LogP contribution is -2.49. The molecule has 14 nitrogen and oxygen atoms in total. The predicted octanol–water partition coefficient (Wildman–Crippen LogP) is 0.305. The van der Waals surface area contributed by atoms with E-state index in [-0.39, 0.29) is 19.0 Å². The van der Waals surface area contributed by atoms with Crippen molar-refractivity contribution in [1.82, 2.24) is 14.6 Å². The van der Waals surface area contributed by atoms with E-state index in [1.807, 2.05) is 4.98 Å². The van der Waals surface area contributed by atoms with Crippen molar-refractivity contribution in [2.75, 3.05) is 40.6 Å². The van der Waals surface area contributed by atoms with Crippen LogP contribution in [0.25, 0.3) is 0 Å². The molecule has 0 aliphatic carbocycles. The smallest absolute Gasteiger partial charge is 0.456 e. The van der Waals surface area contributed by atoms with Crippen LogP contribution in [0.15, 0.2) is 52.2 Å². The number of carbonyl (C=O) groups is 1. The Kier molecular flexibility index (Phi) is 10.6. The number of hydrogen-bond acceptors (Lipinski definition) is 11. The first kappa shape index (κ1) is 30.6. The summed E-state index contributed by atoms with van der Waals surface area (Å²) < 4.78 is 61.4. The predicted molar refractivity (Wildman–Crippen MR) is 133 cm³/mol. The van der Waals surface area contributed by atoms with Crippen LogP contribution in [0, 0.1) is 0 Å². The molecule has 39 heavy (non-hydrogen) atoms. The Balaban J connectivity index is 1.74. The standard InChI is InChI=1S/C23H31FN3O11P/c1-15(21(30)37-17(11-33-2)12-34-3)26-39(32,38-16-7-5-4-6-8-16)36-13-18-20(29)23(24,14-35-18)27-10-9-19(28)25-22(27)31/h4-10,15,17-18,20,29H,11-14H2,1-3H3,(H,26,32)(H,25,28,31). The number of methoxy groups -OCH3 is 2. The van der Waals surface area contributed by atoms with E-state index in [9.17, 15) is 24.1 Å². The van der Waals surface area contributed by atoms with Crippen molar-refractivity contribution in [2.24, 2.45) is 0 Å². The number of nitrogens with zero attached hydrogens (tertiary/aromatic N) is 1. The summed E-state index contributed by atoms with van der Waals surface area (Å²) >= 11 is 0.